The third-order valence-electron chi connectivity index (χ3n) is 14.3. The van der Waals surface area contributed by atoms with E-state index in [4.69, 9.17) is 53.0 Å². The van der Waals surface area contributed by atoms with Crippen LogP contribution in [0.5, 0.6) is 23.0 Å². The smallest absolute Gasteiger partial charge is 0.500 e. The summed E-state index contributed by atoms with van der Waals surface area (Å²) in [5.74, 6) is -0.124. The van der Waals surface area contributed by atoms with Crippen LogP contribution < -0.4 is 11.5 Å². The lowest BCUT2D eigenvalue weighted by Crippen LogP contribution is -2.42. The van der Waals surface area contributed by atoms with E-state index >= 15 is 0 Å². The van der Waals surface area contributed by atoms with Gasteiger partial charge >= 0.3 is 29.5 Å². The Morgan fingerprint density at radius 2 is 0.737 bits per heavy atom. The lowest BCUT2D eigenvalue weighted by atomic mass is 9.85. The van der Waals surface area contributed by atoms with Crippen molar-refractivity contribution in [3.8, 4) is 23.0 Å². The number of aliphatic hydroxyl groups excluding tert-OH is 2. The molecule has 0 aromatic heterocycles. The summed E-state index contributed by atoms with van der Waals surface area (Å²) in [4.78, 5) is 52.5. The molecule has 552 valence electrons. The number of carbonyl (C=O) groups excluding carboxylic acids is 4. The molecule has 0 bridgehead atoms. The van der Waals surface area contributed by atoms with E-state index in [2.05, 4.69) is 35.5 Å². The van der Waals surface area contributed by atoms with Crippen molar-refractivity contribution in [1.82, 2.24) is 0 Å². The molecule has 0 aliphatic heterocycles. The number of anilines is 1. The van der Waals surface area contributed by atoms with E-state index < -0.39 is 29.5 Å². The maximum atomic E-state index is 11.8. The van der Waals surface area contributed by atoms with Gasteiger partial charge in [-0.3, -0.25) is 19.6 Å². The number of benzene rings is 6. The highest BCUT2D eigenvalue weighted by atomic mass is 28.4. The topological polar surface area (TPSA) is 340 Å². The molecule has 22 nitrogen and oxygen atoms in total. The van der Waals surface area contributed by atoms with Gasteiger partial charge in [0, 0.05) is 105 Å². The highest BCUT2D eigenvalue weighted by molar-refractivity contribution is 6.60. The SMILES string of the molecule is C.CC(C)(C)c1cccc(C=O)c1O.CC(C)(C)c1cccc(C=O)c1O.CO.CO.COC(=O)c1ccccc1N.COC(=O)c1ccccc1N=Cc1cccc(C(C)(C)C)c1O.CO[Si](CCCN)(OC)OC.CO[Si](CCCN=Cc1cccc(C(C)(C)C)c1O)(OC)OC. The van der Waals surface area contributed by atoms with Gasteiger partial charge in [0.15, 0.2) is 12.6 Å². The van der Waals surface area contributed by atoms with Gasteiger partial charge in [-0.05, 0) is 112 Å². The predicted octanol–water partition coefficient (Wildman–Crippen LogP) is 13.7. The number of nitrogen functional groups attached to an aromatic ring is 1. The molecule has 0 saturated carbocycles. The number of aliphatic imine (C=N–C) groups is 2. The first-order valence-electron chi connectivity index (χ1n) is 31.3. The summed E-state index contributed by atoms with van der Waals surface area (Å²) in [5.41, 5.74) is 17.5. The summed E-state index contributed by atoms with van der Waals surface area (Å²) in [6.45, 7) is 25.6. The molecule has 6 rings (SSSR count). The van der Waals surface area contributed by atoms with Crippen LogP contribution in [0.15, 0.2) is 131 Å². The second kappa shape index (κ2) is 47.9. The Bertz CT molecular complexity index is 3280. The number of aldehydes is 2. The first-order chi connectivity index (χ1) is 46.1. The average Bonchev–Trinajstić information content (AvgIpc) is 0.826. The molecule has 6 aromatic carbocycles. The van der Waals surface area contributed by atoms with Crippen LogP contribution in [0.1, 0.15) is 178 Å². The fourth-order valence-corrected chi connectivity index (χ4v) is 12.3. The molecular weight excluding hydrogens is 1300 g/mol. The minimum Gasteiger partial charge on any atom is -0.507 e. The standard InChI is InChI=1S/C19H21NO3.C17H29NO4Si.2C11H14O2.C8H9NO2.C6H17NO3Si.2CH4O.CH4/c1-19(2,3)15-10-7-8-13(17(15)21)12-20-16-11-6-5-9-14(16)18(22)23-4;1-17(2,3)15-10-7-9-14(16(15)19)13-18-11-8-12-23(20-4,21-5)22-6;2*1-11(2,3)9-6-4-5-8(7-12)10(9)13;1-11-8(10)6-4-2-3-5-7(6)9;1-8-11(9-2,10-3)6-4-5-7;2*1-2;/h5-12,21H,1-4H3;7,9-10,13,19H,8,11-12H2,1-6H3;2*4-7,13H,1-3H3;2-5H,9H2,1H3;4-7H2,1-3H3;2*2H,1H3;1H4. The Hall–Kier alpha value is -7.99. The fourth-order valence-electron chi connectivity index (χ4n) is 8.85. The van der Waals surface area contributed by atoms with Gasteiger partial charge in [-0.15, -0.1) is 0 Å². The molecule has 6 aromatic rings. The molecule has 0 radical (unpaired) electrons. The Kier molecular flexibility index (Phi) is 46.1. The number of rotatable bonds is 20. The van der Waals surface area contributed by atoms with E-state index in [-0.39, 0.29) is 46.3 Å². The van der Waals surface area contributed by atoms with Crippen LogP contribution >= 0.6 is 0 Å². The van der Waals surface area contributed by atoms with Gasteiger partial charge in [0.1, 0.15) is 23.0 Å². The number of methoxy groups -OCH3 is 2. The minimum atomic E-state index is -2.51. The van der Waals surface area contributed by atoms with Crippen LogP contribution in [0.2, 0.25) is 12.1 Å². The molecule has 0 atom stereocenters. The number of ether oxygens (including phenoxy) is 2. The highest BCUT2D eigenvalue weighted by Crippen LogP contribution is 2.36. The summed E-state index contributed by atoms with van der Waals surface area (Å²) in [6.07, 6.45) is 6.31. The molecule has 0 amide bonds. The summed E-state index contributed by atoms with van der Waals surface area (Å²) in [7, 11) is 9.48. The molecule has 24 heteroatoms. The zero-order chi connectivity index (χ0) is 75.7. The number of esters is 2. The molecule has 0 fully saturated rings. The van der Waals surface area contributed by atoms with Crippen molar-refractivity contribution in [3.05, 3.63) is 177 Å². The van der Waals surface area contributed by atoms with E-state index in [1.165, 1.54) is 14.2 Å². The van der Waals surface area contributed by atoms with E-state index in [1.54, 1.807) is 134 Å². The second-order valence-electron chi connectivity index (χ2n) is 25.2. The zero-order valence-corrected chi connectivity index (χ0v) is 63.7. The van der Waals surface area contributed by atoms with Crippen LogP contribution in [0, 0.1) is 0 Å². The normalized spacial score (nSPS) is 11.2. The van der Waals surface area contributed by atoms with E-state index in [1.807, 2.05) is 105 Å². The van der Waals surface area contributed by atoms with Crippen molar-refractivity contribution in [2.45, 2.75) is 137 Å². The van der Waals surface area contributed by atoms with Crippen molar-refractivity contribution in [2.24, 2.45) is 15.7 Å². The van der Waals surface area contributed by atoms with Crippen LogP contribution in [0.3, 0.4) is 0 Å². The maximum absolute atomic E-state index is 11.8. The van der Waals surface area contributed by atoms with Gasteiger partial charge in [-0.2, -0.15) is 0 Å². The van der Waals surface area contributed by atoms with Crippen molar-refractivity contribution in [1.29, 1.82) is 0 Å². The number of hydrogen-bond acceptors (Lipinski definition) is 22. The molecule has 10 N–H and O–H groups in total. The third kappa shape index (κ3) is 32.3. The maximum Gasteiger partial charge on any atom is 0.500 e. The van der Waals surface area contributed by atoms with Gasteiger partial charge in [0.2, 0.25) is 0 Å². The largest absolute Gasteiger partial charge is 0.507 e. The number of hydrogen-bond donors (Lipinski definition) is 8. The number of nitrogens with zero attached hydrogens (tertiary/aromatic N) is 2. The summed E-state index contributed by atoms with van der Waals surface area (Å²) in [5, 5.41) is 54.2. The minimum absolute atomic E-state index is 0. The van der Waals surface area contributed by atoms with Crippen LogP contribution in [0.4, 0.5) is 11.4 Å². The second-order valence-corrected chi connectivity index (χ2v) is 31.4. The highest BCUT2D eigenvalue weighted by Gasteiger charge is 2.37. The van der Waals surface area contributed by atoms with Gasteiger partial charge < -0.3 is 78.1 Å². The number of aliphatic hydroxyl groups is 2. The number of phenols is 4. The molecular formula is C75H116N4O18Si2. The Balaban J connectivity index is -0.00000113. The number of phenolic OH excluding ortho intramolecular Hbond substituents is 4. The summed E-state index contributed by atoms with van der Waals surface area (Å²) >= 11 is 0. The molecule has 0 aliphatic carbocycles. The van der Waals surface area contributed by atoms with Crippen molar-refractivity contribution >= 4 is 65.9 Å². The molecule has 99 heavy (non-hydrogen) atoms. The first-order valence-corrected chi connectivity index (χ1v) is 35.2. The molecule has 0 saturated heterocycles. The number of para-hydroxylation sites is 6. The van der Waals surface area contributed by atoms with Crippen LogP contribution in [0.25, 0.3) is 0 Å². The summed E-state index contributed by atoms with van der Waals surface area (Å²) in [6, 6.07) is 37.0. The zero-order valence-electron chi connectivity index (χ0n) is 61.7. The summed E-state index contributed by atoms with van der Waals surface area (Å²) < 4.78 is 40.9. The fraction of sp³-hybridized carbons (Fsp3) is 0.440. The van der Waals surface area contributed by atoms with Gasteiger partial charge in [-0.1, -0.05) is 163 Å². The Morgan fingerprint density at radius 3 is 1.06 bits per heavy atom. The lowest BCUT2D eigenvalue weighted by Gasteiger charge is -2.23. The van der Waals surface area contributed by atoms with Gasteiger partial charge in [0.25, 0.3) is 0 Å². The van der Waals surface area contributed by atoms with Crippen molar-refractivity contribution < 1.29 is 85.8 Å². The number of aromatic hydroxyl groups is 4. The number of nitrogens with two attached hydrogens (primary N) is 2. The molecule has 0 aliphatic rings. The van der Waals surface area contributed by atoms with E-state index in [0.29, 0.717) is 76.6 Å². The van der Waals surface area contributed by atoms with Crippen LogP contribution in [-0.4, -0.2) is 169 Å². The van der Waals surface area contributed by atoms with Gasteiger partial charge in [0.05, 0.1) is 42.2 Å². The Morgan fingerprint density at radius 1 is 0.434 bits per heavy atom. The predicted molar refractivity (Wildman–Crippen MR) is 402 cm³/mol. The molecule has 0 spiro atoms. The van der Waals surface area contributed by atoms with Crippen molar-refractivity contribution in [3.63, 3.8) is 0 Å². The van der Waals surface area contributed by atoms with Crippen molar-refractivity contribution in [2.75, 3.05) is 89.9 Å². The number of carbonyl (C=O) groups is 4. The molecule has 0 unspecified atom stereocenters. The monoisotopic (exact) mass is 1420 g/mol. The third-order valence-corrected chi connectivity index (χ3v) is 20.0. The van der Waals surface area contributed by atoms with Gasteiger partial charge in [-0.25, -0.2) is 9.59 Å². The Labute approximate surface area is 591 Å². The average molecular weight is 1420 g/mol. The van der Waals surface area contributed by atoms with E-state index in [0.717, 1.165) is 60.9 Å². The first kappa shape index (κ1) is 95.2. The van der Waals surface area contributed by atoms with E-state index in [9.17, 15) is 39.6 Å². The lowest BCUT2D eigenvalue weighted by molar-refractivity contribution is 0.0593. The molecule has 0 heterocycles. The quantitative estimate of drug-likeness (QED) is 0.00879. The van der Waals surface area contributed by atoms with Crippen LogP contribution in [-0.2, 0) is 57.7 Å².